The number of aryl methyl sites for hydroxylation is 1. The Morgan fingerprint density at radius 2 is 2.05 bits per heavy atom. The lowest BCUT2D eigenvalue weighted by molar-refractivity contribution is -0.121. The van der Waals surface area contributed by atoms with E-state index in [-0.39, 0.29) is 17.8 Å². The summed E-state index contributed by atoms with van der Waals surface area (Å²) in [7, 11) is 1.82. The largest absolute Gasteiger partial charge is 0.349 e. The molecule has 22 heavy (non-hydrogen) atoms. The maximum atomic E-state index is 13.0. The molecule has 0 aliphatic rings. The second-order valence-electron chi connectivity index (χ2n) is 5.12. The SMILES string of the molecule is CNCCC(=O)NC(C)c1sc(-c2ccc(F)cc2)nc1C. The molecule has 2 N–H and O–H groups in total. The fourth-order valence-electron chi connectivity index (χ4n) is 2.14. The van der Waals surface area contributed by atoms with Crippen molar-refractivity contribution in [1.29, 1.82) is 0 Å². The van der Waals surface area contributed by atoms with E-state index in [1.54, 1.807) is 12.1 Å². The smallest absolute Gasteiger partial charge is 0.221 e. The third-order valence-corrected chi connectivity index (χ3v) is 4.69. The van der Waals surface area contributed by atoms with Gasteiger partial charge in [-0.05, 0) is 45.2 Å². The molecule has 0 saturated heterocycles. The summed E-state index contributed by atoms with van der Waals surface area (Å²) in [6.07, 6.45) is 0.448. The summed E-state index contributed by atoms with van der Waals surface area (Å²) in [6.45, 7) is 4.53. The van der Waals surface area contributed by atoms with Crippen LogP contribution in [0.4, 0.5) is 4.39 Å². The topological polar surface area (TPSA) is 54.0 Å². The molecule has 0 bridgehead atoms. The molecule has 6 heteroatoms. The van der Waals surface area contributed by atoms with Gasteiger partial charge in [0, 0.05) is 18.5 Å². The fourth-order valence-corrected chi connectivity index (χ4v) is 3.22. The Bertz CT molecular complexity index is 639. The normalized spacial score (nSPS) is 12.2. The zero-order chi connectivity index (χ0) is 16.1. The van der Waals surface area contributed by atoms with Crippen molar-refractivity contribution < 1.29 is 9.18 Å². The van der Waals surface area contributed by atoms with Crippen LogP contribution in [0.2, 0.25) is 0 Å². The van der Waals surface area contributed by atoms with Gasteiger partial charge in [-0.3, -0.25) is 4.79 Å². The van der Waals surface area contributed by atoms with Gasteiger partial charge in [0.1, 0.15) is 10.8 Å². The molecular formula is C16H20FN3OS. The molecule has 0 fully saturated rings. The van der Waals surface area contributed by atoms with Crippen LogP contribution in [0, 0.1) is 12.7 Å². The second-order valence-corrected chi connectivity index (χ2v) is 6.15. The molecule has 0 spiro atoms. The molecule has 4 nitrogen and oxygen atoms in total. The highest BCUT2D eigenvalue weighted by Crippen LogP contribution is 2.31. The Balaban J connectivity index is 2.12. The van der Waals surface area contributed by atoms with Gasteiger partial charge in [-0.15, -0.1) is 11.3 Å². The van der Waals surface area contributed by atoms with E-state index >= 15 is 0 Å². The Labute approximate surface area is 133 Å². The van der Waals surface area contributed by atoms with Gasteiger partial charge in [-0.25, -0.2) is 9.37 Å². The lowest BCUT2D eigenvalue weighted by Crippen LogP contribution is -2.28. The van der Waals surface area contributed by atoms with Crippen LogP contribution in [0.5, 0.6) is 0 Å². The average Bonchev–Trinajstić information content (AvgIpc) is 2.88. The number of halogens is 1. The molecule has 1 amide bonds. The van der Waals surface area contributed by atoms with E-state index in [2.05, 4.69) is 15.6 Å². The molecule has 2 rings (SSSR count). The third-order valence-electron chi connectivity index (χ3n) is 3.30. The van der Waals surface area contributed by atoms with Crippen molar-refractivity contribution >= 4 is 17.2 Å². The molecular weight excluding hydrogens is 301 g/mol. The number of thiazole rings is 1. The average molecular weight is 321 g/mol. The molecule has 1 atom stereocenters. The summed E-state index contributed by atoms with van der Waals surface area (Å²) in [5.74, 6) is -0.250. The van der Waals surface area contributed by atoms with Crippen LogP contribution >= 0.6 is 11.3 Å². The van der Waals surface area contributed by atoms with Crippen molar-refractivity contribution in [3.8, 4) is 10.6 Å². The maximum Gasteiger partial charge on any atom is 0.221 e. The Kier molecular flexibility index (Phi) is 5.63. The van der Waals surface area contributed by atoms with Crippen LogP contribution < -0.4 is 10.6 Å². The first-order chi connectivity index (χ1) is 10.5. The van der Waals surface area contributed by atoms with Crippen molar-refractivity contribution in [2.75, 3.05) is 13.6 Å². The van der Waals surface area contributed by atoms with Crippen molar-refractivity contribution in [3.63, 3.8) is 0 Å². The summed E-state index contributed by atoms with van der Waals surface area (Å²) in [6, 6.07) is 6.20. The second kappa shape index (κ2) is 7.47. The summed E-state index contributed by atoms with van der Waals surface area (Å²) in [4.78, 5) is 17.4. The first kappa shape index (κ1) is 16.6. The van der Waals surface area contributed by atoms with E-state index in [1.165, 1.54) is 23.5 Å². The van der Waals surface area contributed by atoms with Gasteiger partial charge < -0.3 is 10.6 Å². The predicted molar refractivity (Wildman–Crippen MR) is 87.3 cm³/mol. The molecule has 1 heterocycles. The predicted octanol–water partition coefficient (Wildman–Crippen LogP) is 3.04. The van der Waals surface area contributed by atoms with E-state index in [0.717, 1.165) is 21.1 Å². The monoisotopic (exact) mass is 321 g/mol. The number of hydrogen-bond acceptors (Lipinski definition) is 4. The molecule has 1 aromatic heterocycles. The number of hydrogen-bond donors (Lipinski definition) is 2. The van der Waals surface area contributed by atoms with Gasteiger partial charge >= 0.3 is 0 Å². The van der Waals surface area contributed by atoms with Gasteiger partial charge in [0.05, 0.1) is 16.6 Å². The molecule has 0 aliphatic carbocycles. The van der Waals surface area contributed by atoms with Gasteiger partial charge in [-0.1, -0.05) is 0 Å². The number of carbonyl (C=O) groups is 1. The van der Waals surface area contributed by atoms with E-state index in [9.17, 15) is 9.18 Å². The van der Waals surface area contributed by atoms with Gasteiger partial charge in [0.2, 0.25) is 5.91 Å². The number of benzene rings is 1. The summed E-state index contributed by atoms with van der Waals surface area (Å²) in [5.41, 5.74) is 1.78. The summed E-state index contributed by atoms with van der Waals surface area (Å²) < 4.78 is 13.0. The van der Waals surface area contributed by atoms with Gasteiger partial charge in [-0.2, -0.15) is 0 Å². The molecule has 1 unspecified atom stereocenters. The van der Waals surface area contributed by atoms with Crippen LogP contribution in [0.3, 0.4) is 0 Å². The minimum atomic E-state index is -0.262. The summed E-state index contributed by atoms with van der Waals surface area (Å²) in [5, 5.41) is 6.77. The number of amides is 1. The standard InChI is InChI=1S/C16H20FN3OS/c1-10(19-14(21)8-9-18-3)15-11(2)20-16(22-15)12-4-6-13(17)7-5-12/h4-7,10,18H,8-9H2,1-3H3,(H,19,21). The fraction of sp³-hybridized carbons (Fsp3) is 0.375. The van der Waals surface area contributed by atoms with Crippen LogP contribution in [0.1, 0.15) is 30.0 Å². The number of nitrogens with one attached hydrogen (secondary N) is 2. The lowest BCUT2D eigenvalue weighted by Gasteiger charge is -2.12. The third kappa shape index (κ3) is 4.11. The van der Waals surface area contributed by atoms with Crippen LogP contribution in [-0.2, 0) is 4.79 Å². The highest BCUT2D eigenvalue weighted by atomic mass is 32.1. The lowest BCUT2D eigenvalue weighted by atomic mass is 10.2. The van der Waals surface area contributed by atoms with Crippen molar-refractivity contribution in [2.24, 2.45) is 0 Å². The molecule has 0 saturated carbocycles. The minimum Gasteiger partial charge on any atom is -0.349 e. The van der Waals surface area contributed by atoms with Crippen LogP contribution in [0.25, 0.3) is 10.6 Å². The van der Waals surface area contributed by atoms with Crippen molar-refractivity contribution in [2.45, 2.75) is 26.3 Å². The minimum absolute atomic E-state index is 0.0120. The van der Waals surface area contributed by atoms with Crippen LogP contribution in [0.15, 0.2) is 24.3 Å². The maximum absolute atomic E-state index is 13.0. The number of aromatic nitrogens is 1. The first-order valence-corrected chi connectivity index (χ1v) is 8.00. The molecule has 0 radical (unpaired) electrons. The van der Waals surface area contributed by atoms with Crippen molar-refractivity contribution in [1.82, 2.24) is 15.6 Å². The quantitative estimate of drug-likeness (QED) is 0.860. The van der Waals surface area contributed by atoms with E-state index in [0.29, 0.717) is 13.0 Å². The number of rotatable bonds is 6. The summed E-state index contributed by atoms with van der Waals surface area (Å²) >= 11 is 1.53. The van der Waals surface area contributed by atoms with E-state index in [4.69, 9.17) is 0 Å². The zero-order valence-electron chi connectivity index (χ0n) is 12.9. The van der Waals surface area contributed by atoms with E-state index < -0.39 is 0 Å². The van der Waals surface area contributed by atoms with Gasteiger partial charge in [0.15, 0.2) is 0 Å². The first-order valence-electron chi connectivity index (χ1n) is 7.18. The Morgan fingerprint density at radius 3 is 2.68 bits per heavy atom. The van der Waals surface area contributed by atoms with E-state index in [1.807, 2.05) is 20.9 Å². The van der Waals surface area contributed by atoms with Crippen LogP contribution in [-0.4, -0.2) is 24.5 Å². The molecule has 118 valence electrons. The highest BCUT2D eigenvalue weighted by molar-refractivity contribution is 7.15. The van der Waals surface area contributed by atoms with Gasteiger partial charge in [0.25, 0.3) is 0 Å². The van der Waals surface area contributed by atoms with Crippen molar-refractivity contribution in [3.05, 3.63) is 40.7 Å². The highest BCUT2D eigenvalue weighted by Gasteiger charge is 2.17. The molecule has 2 aromatic rings. The number of nitrogens with zero attached hydrogens (tertiary/aromatic N) is 1. The number of carbonyl (C=O) groups excluding carboxylic acids is 1. The molecule has 1 aromatic carbocycles. The Morgan fingerprint density at radius 1 is 1.36 bits per heavy atom. The zero-order valence-corrected chi connectivity index (χ0v) is 13.8. The Hall–Kier alpha value is -1.79. The molecule has 0 aliphatic heterocycles.